The van der Waals surface area contributed by atoms with E-state index in [1.165, 1.54) is 0 Å². The van der Waals surface area contributed by atoms with E-state index in [0.717, 1.165) is 6.54 Å². The van der Waals surface area contributed by atoms with Gasteiger partial charge < -0.3 is 15.1 Å². The summed E-state index contributed by atoms with van der Waals surface area (Å²) in [5, 5.41) is 17.3. The van der Waals surface area contributed by atoms with E-state index in [1.807, 2.05) is 11.9 Å². The van der Waals surface area contributed by atoms with Crippen molar-refractivity contribution in [1.29, 1.82) is 0 Å². The second kappa shape index (κ2) is 5.97. The van der Waals surface area contributed by atoms with E-state index < -0.39 is 5.97 Å². The number of carbonyl (C=O) groups is 1. The van der Waals surface area contributed by atoms with E-state index in [1.54, 1.807) is 6.92 Å². The van der Waals surface area contributed by atoms with Crippen molar-refractivity contribution in [2.24, 2.45) is 0 Å². The van der Waals surface area contributed by atoms with Crippen LogP contribution < -0.4 is 0 Å². The second-order valence-corrected chi connectivity index (χ2v) is 3.11. The van der Waals surface area contributed by atoms with Crippen molar-refractivity contribution in [3.8, 4) is 0 Å². The molecule has 0 aliphatic carbocycles. The summed E-state index contributed by atoms with van der Waals surface area (Å²) in [5.41, 5.74) is 0. The lowest BCUT2D eigenvalue weighted by Gasteiger charge is -2.17. The largest absolute Gasteiger partial charge is 0.481 e. The Hall–Kier alpha value is -0.610. The lowest BCUT2D eigenvalue weighted by molar-refractivity contribution is -0.137. The van der Waals surface area contributed by atoms with E-state index in [9.17, 15) is 4.79 Å². The number of nitrogens with zero attached hydrogens (tertiary/aromatic N) is 1. The molecule has 12 heavy (non-hydrogen) atoms. The Morgan fingerprint density at radius 1 is 1.58 bits per heavy atom. The highest BCUT2D eigenvalue weighted by molar-refractivity contribution is 5.66. The molecular formula is C8H17NO3. The van der Waals surface area contributed by atoms with Gasteiger partial charge in [0, 0.05) is 13.0 Å². The fourth-order valence-electron chi connectivity index (χ4n) is 1.04. The summed E-state index contributed by atoms with van der Waals surface area (Å²) in [6.45, 7) is 3.03. The molecule has 0 aromatic heterocycles. The molecular weight excluding hydrogens is 158 g/mol. The molecule has 0 amide bonds. The fraction of sp³-hybridized carbons (Fsp3) is 0.875. The van der Waals surface area contributed by atoms with Gasteiger partial charge >= 0.3 is 5.97 Å². The number of rotatable bonds is 6. The molecule has 0 saturated heterocycles. The molecule has 0 aliphatic rings. The number of aliphatic carboxylic acids is 1. The van der Waals surface area contributed by atoms with Crippen LogP contribution in [0.5, 0.6) is 0 Å². The fourth-order valence-corrected chi connectivity index (χ4v) is 1.04. The molecule has 0 heterocycles. The summed E-state index contributed by atoms with van der Waals surface area (Å²) in [7, 11) is 1.87. The van der Waals surface area contributed by atoms with Crippen molar-refractivity contribution < 1.29 is 15.0 Å². The minimum atomic E-state index is -0.763. The highest BCUT2D eigenvalue weighted by Gasteiger charge is 2.03. The molecule has 2 N–H and O–H groups in total. The number of aliphatic hydroxyl groups is 1. The topological polar surface area (TPSA) is 60.8 Å². The van der Waals surface area contributed by atoms with Crippen LogP contribution in [-0.4, -0.2) is 47.3 Å². The summed E-state index contributed by atoms with van der Waals surface area (Å²) >= 11 is 0. The Bertz CT molecular complexity index is 136. The van der Waals surface area contributed by atoms with Crippen LogP contribution >= 0.6 is 0 Å². The van der Waals surface area contributed by atoms with Crippen LogP contribution in [-0.2, 0) is 4.79 Å². The van der Waals surface area contributed by atoms with Gasteiger partial charge in [0.25, 0.3) is 0 Å². The Labute approximate surface area is 72.8 Å². The zero-order valence-corrected chi connectivity index (χ0v) is 7.66. The molecule has 1 unspecified atom stereocenters. The van der Waals surface area contributed by atoms with Gasteiger partial charge in [-0.25, -0.2) is 0 Å². The van der Waals surface area contributed by atoms with Gasteiger partial charge in [-0.3, -0.25) is 4.79 Å². The van der Waals surface area contributed by atoms with Crippen molar-refractivity contribution in [3.05, 3.63) is 0 Å². The lowest BCUT2D eigenvalue weighted by Crippen LogP contribution is -2.28. The molecule has 0 rings (SSSR count). The molecule has 0 aliphatic heterocycles. The van der Waals surface area contributed by atoms with E-state index in [4.69, 9.17) is 10.2 Å². The van der Waals surface area contributed by atoms with Gasteiger partial charge in [-0.2, -0.15) is 0 Å². The Kier molecular flexibility index (Phi) is 5.66. The van der Waals surface area contributed by atoms with Crippen LogP contribution in [0.15, 0.2) is 0 Å². The summed E-state index contributed by atoms with van der Waals surface area (Å²) in [5.74, 6) is -0.763. The van der Waals surface area contributed by atoms with Crippen LogP contribution in [0.3, 0.4) is 0 Å². The molecule has 0 spiro atoms. The number of carboxylic acid groups (broad SMARTS) is 1. The minimum absolute atomic E-state index is 0.199. The van der Waals surface area contributed by atoms with Gasteiger partial charge in [-0.05, 0) is 26.9 Å². The minimum Gasteiger partial charge on any atom is -0.481 e. The van der Waals surface area contributed by atoms with Gasteiger partial charge in [-0.15, -0.1) is 0 Å². The van der Waals surface area contributed by atoms with Gasteiger partial charge in [0.2, 0.25) is 0 Å². The number of aliphatic hydroxyl groups excluding tert-OH is 1. The zero-order chi connectivity index (χ0) is 9.56. The first kappa shape index (κ1) is 11.4. The first-order valence-electron chi connectivity index (χ1n) is 4.10. The SMILES string of the molecule is CC(O)CN(C)CCCC(=O)O. The van der Waals surface area contributed by atoms with Crippen LogP contribution in [0.2, 0.25) is 0 Å². The lowest BCUT2D eigenvalue weighted by atomic mass is 10.3. The van der Waals surface area contributed by atoms with E-state index >= 15 is 0 Å². The Morgan fingerprint density at radius 2 is 2.17 bits per heavy atom. The molecule has 4 nitrogen and oxygen atoms in total. The quantitative estimate of drug-likeness (QED) is 0.604. The van der Waals surface area contributed by atoms with Crippen molar-refractivity contribution in [1.82, 2.24) is 4.90 Å². The van der Waals surface area contributed by atoms with Gasteiger partial charge in [0.1, 0.15) is 0 Å². The normalized spacial score (nSPS) is 13.3. The molecule has 72 valence electrons. The Balaban J connectivity index is 3.31. The third-order valence-corrected chi connectivity index (χ3v) is 1.51. The van der Waals surface area contributed by atoms with Crippen LogP contribution in [0, 0.1) is 0 Å². The Morgan fingerprint density at radius 3 is 2.58 bits per heavy atom. The van der Waals surface area contributed by atoms with E-state index in [-0.39, 0.29) is 12.5 Å². The van der Waals surface area contributed by atoms with Crippen molar-refractivity contribution >= 4 is 5.97 Å². The van der Waals surface area contributed by atoms with E-state index in [2.05, 4.69) is 0 Å². The molecule has 0 bridgehead atoms. The average molecular weight is 175 g/mol. The van der Waals surface area contributed by atoms with Gasteiger partial charge in [0.15, 0.2) is 0 Å². The van der Waals surface area contributed by atoms with Crippen molar-refractivity contribution in [3.63, 3.8) is 0 Å². The zero-order valence-electron chi connectivity index (χ0n) is 7.66. The van der Waals surface area contributed by atoms with Crippen molar-refractivity contribution in [2.75, 3.05) is 20.1 Å². The highest BCUT2D eigenvalue weighted by atomic mass is 16.4. The maximum absolute atomic E-state index is 10.1. The van der Waals surface area contributed by atoms with Gasteiger partial charge in [-0.1, -0.05) is 0 Å². The third kappa shape index (κ3) is 7.50. The molecule has 0 saturated carbocycles. The predicted octanol–water partition coefficient (Wildman–Crippen LogP) is 0.164. The smallest absolute Gasteiger partial charge is 0.303 e. The first-order valence-corrected chi connectivity index (χ1v) is 4.10. The first-order chi connectivity index (χ1) is 5.52. The summed E-state index contributed by atoms with van der Waals surface area (Å²) in [4.78, 5) is 12.1. The summed E-state index contributed by atoms with van der Waals surface area (Å²) in [6, 6.07) is 0. The monoisotopic (exact) mass is 175 g/mol. The predicted molar refractivity (Wildman–Crippen MR) is 46.0 cm³/mol. The van der Waals surface area contributed by atoms with Crippen LogP contribution in [0.1, 0.15) is 19.8 Å². The standard InChI is InChI=1S/C8H17NO3/c1-7(10)6-9(2)5-3-4-8(11)12/h7,10H,3-6H2,1-2H3,(H,11,12). The molecule has 1 atom stereocenters. The maximum atomic E-state index is 10.1. The summed E-state index contributed by atoms with van der Waals surface area (Å²) in [6.07, 6.45) is 0.489. The molecule has 0 radical (unpaired) electrons. The number of likely N-dealkylation sites (N-methyl/N-ethyl adjacent to an activating group) is 1. The molecule has 0 fully saturated rings. The third-order valence-electron chi connectivity index (χ3n) is 1.51. The molecule has 0 aromatic carbocycles. The molecule has 0 aromatic rings. The second-order valence-electron chi connectivity index (χ2n) is 3.11. The van der Waals surface area contributed by atoms with E-state index in [0.29, 0.717) is 13.0 Å². The number of carboxylic acids is 1. The summed E-state index contributed by atoms with van der Waals surface area (Å²) < 4.78 is 0. The molecule has 4 heteroatoms. The van der Waals surface area contributed by atoms with Crippen LogP contribution in [0.25, 0.3) is 0 Å². The number of hydrogen-bond acceptors (Lipinski definition) is 3. The average Bonchev–Trinajstić information content (AvgIpc) is 1.84. The maximum Gasteiger partial charge on any atom is 0.303 e. The van der Waals surface area contributed by atoms with Gasteiger partial charge in [0.05, 0.1) is 6.10 Å². The highest BCUT2D eigenvalue weighted by Crippen LogP contribution is 1.94. The number of hydrogen-bond donors (Lipinski definition) is 2. The van der Waals surface area contributed by atoms with Crippen LogP contribution in [0.4, 0.5) is 0 Å². The van der Waals surface area contributed by atoms with Crippen molar-refractivity contribution in [2.45, 2.75) is 25.9 Å².